The molecule has 3 nitrogen and oxygen atoms in total. The summed E-state index contributed by atoms with van der Waals surface area (Å²) in [7, 11) is 0. The van der Waals surface area contributed by atoms with E-state index in [1.54, 1.807) is 6.07 Å². The number of hydrogen-bond donors (Lipinski definition) is 1. The van der Waals surface area contributed by atoms with Crippen molar-refractivity contribution in [3.8, 4) is 0 Å². The van der Waals surface area contributed by atoms with Crippen LogP contribution >= 0.6 is 15.9 Å². The third-order valence-corrected chi connectivity index (χ3v) is 3.75. The number of nitrogens with one attached hydrogen (secondary N) is 1. The Labute approximate surface area is 91.9 Å². The molecular formula is C9H7BrNO2S-. The summed E-state index contributed by atoms with van der Waals surface area (Å²) >= 11 is 1.20. The first-order valence-electron chi connectivity index (χ1n) is 3.96. The van der Waals surface area contributed by atoms with Gasteiger partial charge in [-0.2, -0.15) is 0 Å². The second-order valence-corrected chi connectivity index (χ2v) is 4.75. The second kappa shape index (κ2) is 3.49. The first-order chi connectivity index (χ1) is 6.61. The van der Waals surface area contributed by atoms with Gasteiger partial charge in [0.1, 0.15) is 0 Å². The van der Waals surface area contributed by atoms with Gasteiger partial charge in [-0.1, -0.05) is 22.0 Å². The van der Waals surface area contributed by atoms with Gasteiger partial charge < -0.3 is 9.54 Å². The monoisotopic (exact) mass is 272 g/mol. The lowest BCUT2D eigenvalue weighted by atomic mass is 10.2. The summed E-state index contributed by atoms with van der Waals surface area (Å²) in [6.07, 6.45) is 1.51. The highest BCUT2D eigenvalue weighted by molar-refractivity contribution is 9.10. The molecule has 1 heterocycles. The van der Waals surface area contributed by atoms with Gasteiger partial charge >= 0.3 is 0 Å². The van der Waals surface area contributed by atoms with Crippen LogP contribution in [0.1, 0.15) is 5.56 Å². The van der Waals surface area contributed by atoms with E-state index in [1.165, 1.54) is 6.20 Å². The number of aromatic nitrogens is 1. The highest BCUT2D eigenvalue weighted by Crippen LogP contribution is 2.28. The van der Waals surface area contributed by atoms with Crippen LogP contribution in [0, 0.1) is 6.92 Å². The molecule has 0 aliphatic carbocycles. The highest BCUT2D eigenvalue weighted by atomic mass is 79.9. The Morgan fingerprint density at radius 2 is 2.21 bits per heavy atom. The molecule has 1 aromatic carbocycles. The molecule has 1 N–H and O–H groups in total. The van der Waals surface area contributed by atoms with Crippen LogP contribution in [0.15, 0.2) is 27.7 Å². The van der Waals surface area contributed by atoms with Crippen molar-refractivity contribution in [2.45, 2.75) is 11.8 Å². The molecule has 1 atom stereocenters. The van der Waals surface area contributed by atoms with Crippen LogP contribution in [0.5, 0.6) is 0 Å². The van der Waals surface area contributed by atoms with Gasteiger partial charge in [-0.05, 0) is 29.6 Å². The number of H-pyrrole nitrogens is 1. The zero-order chi connectivity index (χ0) is 10.3. The zero-order valence-electron chi connectivity index (χ0n) is 7.33. The summed E-state index contributed by atoms with van der Waals surface area (Å²) < 4.78 is 22.6. The highest BCUT2D eigenvalue weighted by Gasteiger charge is 2.07. The molecule has 2 aromatic rings. The van der Waals surface area contributed by atoms with E-state index in [0.29, 0.717) is 4.90 Å². The lowest BCUT2D eigenvalue weighted by molar-refractivity contribution is 0.538. The van der Waals surface area contributed by atoms with Crippen LogP contribution in [0.4, 0.5) is 0 Å². The average molecular weight is 273 g/mol. The van der Waals surface area contributed by atoms with Crippen molar-refractivity contribution in [2.24, 2.45) is 0 Å². The average Bonchev–Trinajstić information content (AvgIpc) is 2.55. The topological polar surface area (TPSA) is 55.9 Å². The molecule has 0 aliphatic heterocycles. The molecule has 5 heteroatoms. The maximum Gasteiger partial charge on any atom is 0.0507 e. The van der Waals surface area contributed by atoms with Crippen LogP contribution in [-0.2, 0) is 11.1 Å². The fraction of sp³-hybridized carbons (Fsp3) is 0.111. The molecule has 14 heavy (non-hydrogen) atoms. The van der Waals surface area contributed by atoms with Crippen molar-refractivity contribution in [3.63, 3.8) is 0 Å². The predicted molar refractivity (Wildman–Crippen MR) is 57.9 cm³/mol. The summed E-state index contributed by atoms with van der Waals surface area (Å²) in [5.41, 5.74) is 1.87. The Kier molecular flexibility index (Phi) is 2.47. The van der Waals surface area contributed by atoms with Crippen molar-refractivity contribution in [1.29, 1.82) is 0 Å². The number of halogens is 1. The van der Waals surface area contributed by atoms with E-state index in [9.17, 15) is 8.76 Å². The van der Waals surface area contributed by atoms with E-state index in [2.05, 4.69) is 20.9 Å². The largest absolute Gasteiger partial charge is 0.768 e. The number of fused-ring (bicyclic) bond motifs is 1. The number of rotatable bonds is 1. The number of hydrogen-bond acceptors (Lipinski definition) is 2. The van der Waals surface area contributed by atoms with Gasteiger partial charge in [-0.25, -0.2) is 0 Å². The number of aromatic amines is 1. The fourth-order valence-electron chi connectivity index (χ4n) is 1.43. The van der Waals surface area contributed by atoms with Crippen molar-refractivity contribution in [3.05, 3.63) is 28.4 Å². The fourth-order valence-corrected chi connectivity index (χ4v) is 2.27. The molecule has 0 saturated heterocycles. The molecule has 0 amide bonds. The molecule has 0 aliphatic rings. The summed E-state index contributed by atoms with van der Waals surface area (Å²) in [5.74, 6) is 0. The first kappa shape index (κ1) is 9.89. The Balaban J connectivity index is 2.83. The van der Waals surface area contributed by atoms with Gasteiger partial charge in [0.15, 0.2) is 0 Å². The van der Waals surface area contributed by atoms with Gasteiger partial charge in [0, 0.05) is 16.1 Å². The predicted octanol–water partition coefficient (Wildman–Crippen LogP) is 2.48. The Morgan fingerprint density at radius 1 is 1.50 bits per heavy atom. The summed E-state index contributed by atoms with van der Waals surface area (Å²) in [4.78, 5) is 3.27. The lowest BCUT2D eigenvalue weighted by Crippen LogP contribution is -1.86. The molecule has 1 unspecified atom stereocenters. The summed E-state index contributed by atoms with van der Waals surface area (Å²) in [6, 6.07) is 3.63. The second-order valence-electron chi connectivity index (χ2n) is 2.98. The van der Waals surface area contributed by atoms with E-state index in [-0.39, 0.29) is 0 Å². The maximum absolute atomic E-state index is 10.8. The smallest absolute Gasteiger partial charge is 0.0507 e. The molecule has 2 rings (SSSR count). The molecule has 0 bridgehead atoms. The van der Waals surface area contributed by atoms with Gasteiger partial charge in [0.25, 0.3) is 0 Å². The minimum atomic E-state index is -2.18. The van der Waals surface area contributed by atoms with Crippen molar-refractivity contribution in [2.75, 3.05) is 0 Å². The molecule has 0 radical (unpaired) electrons. The van der Waals surface area contributed by atoms with Crippen LogP contribution in [0.3, 0.4) is 0 Å². The third kappa shape index (κ3) is 1.41. The van der Waals surface area contributed by atoms with Crippen LogP contribution < -0.4 is 0 Å². The zero-order valence-corrected chi connectivity index (χ0v) is 9.74. The molecule has 0 spiro atoms. The molecule has 0 saturated carbocycles. The van der Waals surface area contributed by atoms with Crippen LogP contribution in [0.2, 0.25) is 0 Å². The standard InChI is InChI=1S/C9H8BrNO2S/c1-5-7(10)3-2-6-8(14(12)13)4-11-9(5)6/h2-4,11H,1H3,(H,12,13)/p-1. The number of aryl methyl sites for hydroxylation is 1. The third-order valence-electron chi connectivity index (χ3n) is 2.19. The molecular weight excluding hydrogens is 266 g/mol. The Bertz CT molecular complexity index is 521. The first-order valence-corrected chi connectivity index (χ1v) is 5.83. The minimum Gasteiger partial charge on any atom is -0.768 e. The number of benzene rings is 1. The minimum absolute atomic E-state index is 0.315. The molecule has 1 aromatic heterocycles. The van der Waals surface area contributed by atoms with E-state index in [1.807, 2.05) is 13.0 Å². The SMILES string of the molecule is Cc1c(Br)ccc2c(S(=O)[O-])c[nH]c12. The van der Waals surface area contributed by atoms with Gasteiger partial charge in [-0.3, -0.25) is 4.21 Å². The summed E-state index contributed by atoms with van der Waals surface area (Å²) in [6.45, 7) is 1.93. The van der Waals surface area contributed by atoms with E-state index < -0.39 is 11.1 Å². The van der Waals surface area contributed by atoms with E-state index in [4.69, 9.17) is 0 Å². The molecule has 74 valence electrons. The van der Waals surface area contributed by atoms with Gasteiger partial charge in [0.05, 0.1) is 10.4 Å². The maximum atomic E-state index is 10.8. The lowest BCUT2D eigenvalue weighted by Gasteiger charge is -2.03. The van der Waals surface area contributed by atoms with Gasteiger partial charge in [-0.15, -0.1) is 0 Å². The van der Waals surface area contributed by atoms with Crippen molar-refractivity contribution in [1.82, 2.24) is 4.98 Å². The Morgan fingerprint density at radius 3 is 2.86 bits per heavy atom. The van der Waals surface area contributed by atoms with Crippen LogP contribution in [-0.4, -0.2) is 13.7 Å². The quantitative estimate of drug-likeness (QED) is 0.811. The molecule has 0 fully saturated rings. The Hall–Kier alpha value is -0.650. The summed E-state index contributed by atoms with van der Waals surface area (Å²) in [5, 5.41) is 0.735. The van der Waals surface area contributed by atoms with Gasteiger partial charge in [0.2, 0.25) is 0 Å². The normalized spacial score (nSPS) is 13.4. The van der Waals surface area contributed by atoms with Crippen LogP contribution in [0.25, 0.3) is 10.9 Å². The van der Waals surface area contributed by atoms with Crippen molar-refractivity contribution < 1.29 is 8.76 Å². The van der Waals surface area contributed by atoms with Crippen molar-refractivity contribution >= 4 is 37.9 Å². The van der Waals surface area contributed by atoms with E-state index in [0.717, 1.165) is 20.9 Å². The van der Waals surface area contributed by atoms with E-state index >= 15 is 0 Å².